The quantitative estimate of drug-likeness (QED) is 0.640. The topological polar surface area (TPSA) is 51.2 Å². The molecular formula is C24H36N2O4. The Bertz CT molecular complexity index is 732. The van der Waals surface area contributed by atoms with Crippen LogP contribution in [0, 0.1) is 5.92 Å². The second-order valence-corrected chi connectivity index (χ2v) is 8.96. The van der Waals surface area contributed by atoms with Crippen molar-refractivity contribution in [2.24, 2.45) is 5.92 Å². The molecule has 4 rings (SSSR count). The minimum atomic E-state index is -0.0712. The SMILES string of the molecule is CCN(CC1CCC(OC)CC1)[C@H]1CCC[C@@H]1Oc1ccc2c(c1)CN(OC)C2=O. The molecule has 6 nitrogen and oxygen atoms in total. The van der Waals surface area contributed by atoms with Crippen LogP contribution in [-0.4, -0.2) is 61.4 Å². The molecule has 1 heterocycles. The number of amides is 1. The van der Waals surface area contributed by atoms with E-state index in [2.05, 4.69) is 11.8 Å². The van der Waals surface area contributed by atoms with Crippen molar-refractivity contribution in [2.75, 3.05) is 27.3 Å². The fourth-order valence-corrected chi connectivity index (χ4v) is 5.51. The minimum Gasteiger partial charge on any atom is -0.489 e. The second-order valence-electron chi connectivity index (χ2n) is 8.96. The third-order valence-corrected chi connectivity index (χ3v) is 7.27. The number of likely N-dealkylation sites (N-methyl/N-ethyl adjacent to an activating group) is 1. The van der Waals surface area contributed by atoms with Crippen LogP contribution in [0.5, 0.6) is 5.75 Å². The van der Waals surface area contributed by atoms with Gasteiger partial charge in [-0.3, -0.25) is 14.5 Å². The summed E-state index contributed by atoms with van der Waals surface area (Å²) >= 11 is 0. The Morgan fingerprint density at radius 1 is 1.10 bits per heavy atom. The first-order valence-corrected chi connectivity index (χ1v) is 11.5. The standard InChI is InChI=1S/C24H36N2O4/c1-4-25(15-17-8-10-19(28-2)11-9-17)22-6-5-7-23(22)30-20-12-13-21-18(14-20)16-26(29-3)24(21)27/h12-14,17,19,22-23H,4-11,15-16H2,1-3H3/t17?,19?,22-,23-/m0/s1. The molecule has 2 fully saturated rings. The van der Waals surface area contributed by atoms with Gasteiger partial charge in [0.05, 0.1) is 19.8 Å². The molecule has 1 aromatic rings. The third-order valence-electron chi connectivity index (χ3n) is 7.27. The van der Waals surface area contributed by atoms with Gasteiger partial charge in [0.2, 0.25) is 0 Å². The molecular weight excluding hydrogens is 380 g/mol. The first kappa shape index (κ1) is 21.6. The third kappa shape index (κ3) is 4.51. The van der Waals surface area contributed by atoms with Crippen LogP contribution in [0.3, 0.4) is 0 Å². The molecule has 2 saturated carbocycles. The van der Waals surface area contributed by atoms with Crippen molar-refractivity contribution in [3.05, 3.63) is 29.3 Å². The van der Waals surface area contributed by atoms with Crippen molar-refractivity contribution in [3.8, 4) is 5.75 Å². The molecule has 1 amide bonds. The zero-order valence-electron chi connectivity index (χ0n) is 18.6. The molecule has 2 aliphatic carbocycles. The predicted octanol–water partition coefficient (Wildman–Crippen LogP) is 4.03. The molecule has 6 heteroatoms. The van der Waals surface area contributed by atoms with Gasteiger partial charge in [0, 0.05) is 25.3 Å². The zero-order chi connectivity index (χ0) is 21.1. The summed E-state index contributed by atoms with van der Waals surface area (Å²) in [6.45, 7) is 4.99. The van der Waals surface area contributed by atoms with Crippen LogP contribution >= 0.6 is 0 Å². The molecule has 30 heavy (non-hydrogen) atoms. The number of nitrogens with zero attached hydrogens (tertiary/aromatic N) is 2. The van der Waals surface area contributed by atoms with Crippen LogP contribution in [0.4, 0.5) is 0 Å². The summed E-state index contributed by atoms with van der Waals surface area (Å²) < 4.78 is 12.0. The molecule has 3 aliphatic rings. The molecule has 0 bridgehead atoms. The Labute approximate surface area is 180 Å². The van der Waals surface area contributed by atoms with E-state index in [0.717, 1.165) is 30.2 Å². The number of ether oxygens (including phenoxy) is 2. The Balaban J connectivity index is 1.38. The Kier molecular flexibility index (Phi) is 6.96. The second kappa shape index (κ2) is 9.67. The molecule has 0 radical (unpaired) electrons. The van der Waals surface area contributed by atoms with Gasteiger partial charge < -0.3 is 9.47 Å². The van der Waals surface area contributed by atoms with E-state index in [9.17, 15) is 4.79 Å². The number of carbonyl (C=O) groups is 1. The fraction of sp³-hybridized carbons (Fsp3) is 0.708. The van der Waals surface area contributed by atoms with E-state index in [1.807, 2.05) is 25.3 Å². The number of benzene rings is 1. The van der Waals surface area contributed by atoms with Crippen LogP contribution in [0.25, 0.3) is 0 Å². The van der Waals surface area contributed by atoms with Gasteiger partial charge in [-0.25, -0.2) is 5.06 Å². The van der Waals surface area contributed by atoms with Gasteiger partial charge in [0.1, 0.15) is 11.9 Å². The number of hydroxylamine groups is 2. The maximum atomic E-state index is 12.2. The predicted molar refractivity (Wildman–Crippen MR) is 115 cm³/mol. The van der Waals surface area contributed by atoms with Crippen LogP contribution in [0.15, 0.2) is 18.2 Å². The number of hydrogen-bond acceptors (Lipinski definition) is 5. The lowest BCUT2D eigenvalue weighted by Gasteiger charge is -2.37. The smallest absolute Gasteiger partial charge is 0.278 e. The van der Waals surface area contributed by atoms with Crippen molar-refractivity contribution >= 4 is 5.91 Å². The highest BCUT2D eigenvalue weighted by Crippen LogP contribution is 2.33. The van der Waals surface area contributed by atoms with Gasteiger partial charge in [-0.2, -0.15) is 0 Å². The highest BCUT2D eigenvalue weighted by molar-refractivity contribution is 5.97. The van der Waals surface area contributed by atoms with Gasteiger partial charge in [0.15, 0.2) is 0 Å². The zero-order valence-corrected chi connectivity index (χ0v) is 18.6. The lowest BCUT2D eigenvalue weighted by molar-refractivity contribution is -0.0957. The summed E-state index contributed by atoms with van der Waals surface area (Å²) in [7, 11) is 3.37. The molecule has 0 spiro atoms. The van der Waals surface area contributed by atoms with Crippen LogP contribution < -0.4 is 4.74 Å². The number of rotatable bonds is 8. The molecule has 1 aromatic carbocycles. The number of carbonyl (C=O) groups excluding carboxylic acids is 1. The minimum absolute atomic E-state index is 0.0712. The Hall–Kier alpha value is -1.63. The summed E-state index contributed by atoms with van der Waals surface area (Å²) in [6.07, 6.45) is 9.09. The fourth-order valence-electron chi connectivity index (χ4n) is 5.51. The molecule has 0 N–H and O–H groups in total. The number of hydrogen-bond donors (Lipinski definition) is 0. The average molecular weight is 417 g/mol. The summed E-state index contributed by atoms with van der Waals surface area (Å²) in [5.41, 5.74) is 1.70. The van der Waals surface area contributed by atoms with Crippen LogP contribution in [0.1, 0.15) is 67.8 Å². The van der Waals surface area contributed by atoms with Gasteiger partial charge in [-0.15, -0.1) is 0 Å². The number of fused-ring (bicyclic) bond motifs is 1. The van der Waals surface area contributed by atoms with E-state index < -0.39 is 0 Å². The van der Waals surface area contributed by atoms with E-state index >= 15 is 0 Å². The first-order chi connectivity index (χ1) is 14.6. The monoisotopic (exact) mass is 416 g/mol. The van der Waals surface area contributed by atoms with E-state index in [1.54, 1.807) is 0 Å². The number of methoxy groups -OCH3 is 1. The first-order valence-electron chi connectivity index (χ1n) is 11.5. The van der Waals surface area contributed by atoms with Gasteiger partial charge in [-0.05, 0) is 81.2 Å². The normalized spacial score (nSPS) is 28.9. The van der Waals surface area contributed by atoms with Crippen molar-refractivity contribution in [1.82, 2.24) is 9.96 Å². The summed E-state index contributed by atoms with van der Waals surface area (Å²) in [5, 5.41) is 1.39. The lowest BCUT2D eigenvalue weighted by atomic mass is 9.86. The van der Waals surface area contributed by atoms with Crippen molar-refractivity contribution in [1.29, 1.82) is 0 Å². The van der Waals surface area contributed by atoms with Gasteiger partial charge in [-0.1, -0.05) is 6.92 Å². The van der Waals surface area contributed by atoms with E-state index in [1.165, 1.54) is 57.2 Å². The Morgan fingerprint density at radius 2 is 1.90 bits per heavy atom. The van der Waals surface area contributed by atoms with Crippen molar-refractivity contribution in [3.63, 3.8) is 0 Å². The average Bonchev–Trinajstić information content (AvgIpc) is 3.36. The molecule has 166 valence electrons. The van der Waals surface area contributed by atoms with Crippen LogP contribution in [-0.2, 0) is 16.1 Å². The van der Waals surface area contributed by atoms with E-state index in [4.69, 9.17) is 14.3 Å². The molecule has 0 aromatic heterocycles. The summed E-state index contributed by atoms with van der Waals surface area (Å²) in [5.74, 6) is 1.56. The summed E-state index contributed by atoms with van der Waals surface area (Å²) in [4.78, 5) is 20.0. The van der Waals surface area contributed by atoms with Crippen LogP contribution in [0.2, 0.25) is 0 Å². The lowest BCUT2D eigenvalue weighted by Crippen LogP contribution is -2.45. The maximum Gasteiger partial charge on any atom is 0.278 e. The molecule has 1 aliphatic heterocycles. The largest absolute Gasteiger partial charge is 0.489 e. The van der Waals surface area contributed by atoms with Crippen molar-refractivity contribution in [2.45, 2.75) is 76.7 Å². The molecule has 0 saturated heterocycles. The van der Waals surface area contributed by atoms with E-state index in [-0.39, 0.29) is 12.0 Å². The highest BCUT2D eigenvalue weighted by atomic mass is 16.7. The summed E-state index contributed by atoms with van der Waals surface area (Å²) in [6, 6.07) is 6.31. The highest BCUT2D eigenvalue weighted by Gasteiger charge is 2.35. The molecule has 2 atom stereocenters. The maximum absolute atomic E-state index is 12.2. The Morgan fingerprint density at radius 3 is 2.60 bits per heavy atom. The van der Waals surface area contributed by atoms with E-state index in [0.29, 0.717) is 24.3 Å². The van der Waals surface area contributed by atoms with Gasteiger partial charge >= 0.3 is 0 Å². The molecule has 0 unspecified atom stereocenters. The van der Waals surface area contributed by atoms with Crippen molar-refractivity contribution < 1.29 is 19.1 Å². The van der Waals surface area contributed by atoms with Gasteiger partial charge in [0.25, 0.3) is 5.91 Å².